The topological polar surface area (TPSA) is 64.9 Å². The molecule has 1 aromatic heterocycles. The normalized spacial score (nSPS) is 12.0. The second kappa shape index (κ2) is 3.87. The summed E-state index contributed by atoms with van der Waals surface area (Å²) < 4.78 is 5.47. The summed E-state index contributed by atoms with van der Waals surface area (Å²) in [5, 5.41) is 7.93. The first kappa shape index (κ1) is 10.2. The predicted molar refractivity (Wildman–Crippen MR) is 50.4 cm³/mol. The lowest BCUT2D eigenvalue weighted by atomic mass is 9.97. The van der Waals surface area contributed by atoms with Crippen molar-refractivity contribution in [2.75, 3.05) is 6.54 Å². The SMILES string of the molecule is CC(C)(C)c1nnc(CCCN)o1. The summed E-state index contributed by atoms with van der Waals surface area (Å²) in [4.78, 5) is 0. The van der Waals surface area contributed by atoms with Gasteiger partial charge in [-0.1, -0.05) is 20.8 Å². The van der Waals surface area contributed by atoms with Crippen LogP contribution in [0.2, 0.25) is 0 Å². The van der Waals surface area contributed by atoms with E-state index >= 15 is 0 Å². The van der Waals surface area contributed by atoms with Crippen LogP contribution in [0.1, 0.15) is 39.0 Å². The van der Waals surface area contributed by atoms with Crippen LogP contribution in [0.4, 0.5) is 0 Å². The minimum atomic E-state index is -0.0615. The van der Waals surface area contributed by atoms with E-state index in [1.54, 1.807) is 0 Å². The van der Waals surface area contributed by atoms with E-state index in [1.807, 2.05) is 20.8 Å². The van der Waals surface area contributed by atoms with Gasteiger partial charge < -0.3 is 10.2 Å². The smallest absolute Gasteiger partial charge is 0.221 e. The highest BCUT2D eigenvalue weighted by molar-refractivity contribution is 4.95. The number of rotatable bonds is 3. The van der Waals surface area contributed by atoms with Gasteiger partial charge in [0.1, 0.15) is 0 Å². The van der Waals surface area contributed by atoms with Gasteiger partial charge in [0.25, 0.3) is 0 Å². The maximum Gasteiger partial charge on any atom is 0.221 e. The molecule has 0 saturated carbocycles. The molecule has 1 rings (SSSR count). The van der Waals surface area contributed by atoms with Gasteiger partial charge in [-0.05, 0) is 13.0 Å². The van der Waals surface area contributed by atoms with Gasteiger partial charge in [0.15, 0.2) is 0 Å². The van der Waals surface area contributed by atoms with E-state index in [1.165, 1.54) is 0 Å². The molecular weight excluding hydrogens is 166 g/mol. The van der Waals surface area contributed by atoms with Gasteiger partial charge in [-0.25, -0.2) is 0 Å². The summed E-state index contributed by atoms with van der Waals surface area (Å²) in [6.45, 7) is 6.81. The Morgan fingerprint density at radius 3 is 2.46 bits per heavy atom. The minimum absolute atomic E-state index is 0.0615. The first-order valence-corrected chi connectivity index (χ1v) is 4.57. The van der Waals surface area contributed by atoms with Crippen molar-refractivity contribution >= 4 is 0 Å². The molecule has 4 heteroatoms. The quantitative estimate of drug-likeness (QED) is 0.766. The van der Waals surface area contributed by atoms with Crippen molar-refractivity contribution in [3.05, 3.63) is 11.8 Å². The van der Waals surface area contributed by atoms with Gasteiger partial charge in [-0.3, -0.25) is 0 Å². The fourth-order valence-corrected chi connectivity index (χ4v) is 0.911. The molecule has 0 aromatic carbocycles. The summed E-state index contributed by atoms with van der Waals surface area (Å²) in [7, 11) is 0. The molecule has 0 atom stereocenters. The molecule has 0 radical (unpaired) electrons. The van der Waals surface area contributed by atoms with E-state index in [0.29, 0.717) is 18.3 Å². The summed E-state index contributed by atoms with van der Waals surface area (Å²) in [6.07, 6.45) is 1.67. The molecule has 0 spiro atoms. The van der Waals surface area contributed by atoms with E-state index < -0.39 is 0 Å². The third kappa shape index (κ3) is 2.81. The number of hydrogen-bond donors (Lipinski definition) is 1. The molecule has 1 heterocycles. The highest BCUT2D eigenvalue weighted by Crippen LogP contribution is 2.20. The lowest BCUT2D eigenvalue weighted by Crippen LogP contribution is -2.11. The van der Waals surface area contributed by atoms with Crippen LogP contribution in [0, 0.1) is 0 Å². The van der Waals surface area contributed by atoms with Crippen LogP contribution in [-0.4, -0.2) is 16.7 Å². The van der Waals surface area contributed by atoms with Crippen LogP contribution in [0.3, 0.4) is 0 Å². The van der Waals surface area contributed by atoms with E-state index in [9.17, 15) is 0 Å². The Bertz CT molecular complexity index is 262. The second-order valence-corrected chi connectivity index (χ2v) is 4.14. The maximum absolute atomic E-state index is 5.47. The molecule has 0 saturated heterocycles. The van der Waals surface area contributed by atoms with Crippen molar-refractivity contribution in [3.63, 3.8) is 0 Å². The van der Waals surface area contributed by atoms with E-state index in [4.69, 9.17) is 10.2 Å². The van der Waals surface area contributed by atoms with Gasteiger partial charge in [0.05, 0.1) is 0 Å². The third-order valence-corrected chi connectivity index (χ3v) is 1.70. The van der Waals surface area contributed by atoms with Crippen LogP contribution in [-0.2, 0) is 11.8 Å². The zero-order valence-corrected chi connectivity index (χ0v) is 8.50. The molecule has 2 N–H and O–H groups in total. The minimum Gasteiger partial charge on any atom is -0.425 e. The fourth-order valence-electron chi connectivity index (χ4n) is 0.911. The van der Waals surface area contributed by atoms with Crippen molar-refractivity contribution < 1.29 is 4.42 Å². The van der Waals surface area contributed by atoms with E-state index in [-0.39, 0.29) is 5.41 Å². The molecule has 13 heavy (non-hydrogen) atoms. The monoisotopic (exact) mass is 183 g/mol. The van der Waals surface area contributed by atoms with Gasteiger partial charge in [-0.2, -0.15) is 0 Å². The number of nitrogens with two attached hydrogens (primary N) is 1. The van der Waals surface area contributed by atoms with Crippen LogP contribution in [0.15, 0.2) is 4.42 Å². The Kier molecular flexibility index (Phi) is 3.03. The van der Waals surface area contributed by atoms with Crippen molar-refractivity contribution in [1.29, 1.82) is 0 Å². The highest BCUT2D eigenvalue weighted by Gasteiger charge is 2.20. The van der Waals surface area contributed by atoms with Crippen LogP contribution in [0.5, 0.6) is 0 Å². The zero-order chi connectivity index (χ0) is 9.90. The average molecular weight is 183 g/mol. The molecule has 4 nitrogen and oxygen atoms in total. The van der Waals surface area contributed by atoms with Gasteiger partial charge >= 0.3 is 0 Å². The van der Waals surface area contributed by atoms with Crippen LogP contribution < -0.4 is 5.73 Å². The lowest BCUT2D eigenvalue weighted by molar-refractivity contribution is 0.370. The number of aryl methyl sites for hydroxylation is 1. The van der Waals surface area contributed by atoms with Crippen molar-refractivity contribution in [3.8, 4) is 0 Å². The first-order valence-electron chi connectivity index (χ1n) is 4.57. The van der Waals surface area contributed by atoms with Crippen molar-refractivity contribution in [2.45, 2.75) is 39.0 Å². The lowest BCUT2D eigenvalue weighted by Gasteiger charge is -2.10. The van der Waals surface area contributed by atoms with E-state index in [0.717, 1.165) is 12.8 Å². The fraction of sp³-hybridized carbons (Fsp3) is 0.778. The van der Waals surface area contributed by atoms with Crippen molar-refractivity contribution in [2.24, 2.45) is 5.73 Å². The summed E-state index contributed by atoms with van der Waals surface area (Å²) in [5.41, 5.74) is 5.32. The molecule has 1 aromatic rings. The molecule has 0 aliphatic heterocycles. The number of aromatic nitrogens is 2. The Morgan fingerprint density at radius 2 is 2.00 bits per heavy atom. The number of hydrogen-bond acceptors (Lipinski definition) is 4. The van der Waals surface area contributed by atoms with Gasteiger partial charge in [0.2, 0.25) is 11.8 Å². The first-order chi connectivity index (χ1) is 6.04. The predicted octanol–water partition coefficient (Wildman–Crippen LogP) is 1.26. The Labute approximate surface area is 78.5 Å². The molecular formula is C9H17N3O. The van der Waals surface area contributed by atoms with E-state index in [2.05, 4.69) is 10.2 Å². The second-order valence-electron chi connectivity index (χ2n) is 4.14. The molecule has 0 aliphatic carbocycles. The summed E-state index contributed by atoms with van der Waals surface area (Å²) >= 11 is 0. The van der Waals surface area contributed by atoms with Crippen LogP contribution >= 0.6 is 0 Å². The maximum atomic E-state index is 5.47. The molecule has 0 bridgehead atoms. The summed E-state index contributed by atoms with van der Waals surface area (Å²) in [5.74, 6) is 1.38. The highest BCUT2D eigenvalue weighted by atomic mass is 16.4. The molecule has 74 valence electrons. The molecule has 0 aliphatic rings. The van der Waals surface area contributed by atoms with Gasteiger partial charge in [0, 0.05) is 11.8 Å². The zero-order valence-electron chi connectivity index (χ0n) is 8.50. The van der Waals surface area contributed by atoms with Crippen molar-refractivity contribution in [1.82, 2.24) is 10.2 Å². The van der Waals surface area contributed by atoms with Crippen LogP contribution in [0.25, 0.3) is 0 Å². The Hall–Kier alpha value is -0.900. The molecule has 0 amide bonds. The standard InChI is InChI=1S/C9H17N3O/c1-9(2,3)8-12-11-7(13-8)5-4-6-10/h4-6,10H2,1-3H3. The molecule has 0 unspecified atom stereocenters. The summed E-state index contributed by atoms with van der Waals surface area (Å²) in [6, 6.07) is 0. The average Bonchev–Trinajstić information content (AvgIpc) is 2.47. The Balaban J connectivity index is 2.64. The molecule has 0 fully saturated rings. The Morgan fingerprint density at radius 1 is 1.31 bits per heavy atom. The number of nitrogens with zero attached hydrogens (tertiary/aromatic N) is 2. The largest absolute Gasteiger partial charge is 0.425 e. The third-order valence-electron chi connectivity index (χ3n) is 1.70. The van der Waals surface area contributed by atoms with Gasteiger partial charge in [-0.15, -0.1) is 10.2 Å².